The van der Waals surface area contributed by atoms with Gasteiger partial charge in [0.05, 0.1) is 5.33 Å². The van der Waals surface area contributed by atoms with Crippen LogP contribution in [0.25, 0.3) is 0 Å². The van der Waals surface area contributed by atoms with Gasteiger partial charge in [0.1, 0.15) is 0 Å². The van der Waals surface area contributed by atoms with Crippen LogP contribution in [-0.2, 0) is 18.0 Å². The third kappa shape index (κ3) is 4.81. The van der Waals surface area contributed by atoms with Crippen LogP contribution in [-0.4, -0.2) is 19.5 Å². The van der Waals surface area contributed by atoms with Crippen LogP contribution in [0.4, 0.5) is 0 Å². The molecular weight excluding hydrogens is 292 g/mol. The number of aryl methyl sites for hydroxylation is 2. The van der Waals surface area contributed by atoms with Crippen molar-refractivity contribution in [3.8, 4) is 0 Å². The Bertz CT molecular complexity index is 398. The Hall–Kier alpha value is -0.810. The van der Waals surface area contributed by atoms with Gasteiger partial charge in [-0.25, -0.2) is 0 Å². The number of halogens is 1. The van der Waals surface area contributed by atoms with E-state index >= 15 is 0 Å². The Balaban J connectivity index is 0.000000673. The summed E-state index contributed by atoms with van der Waals surface area (Å²) >= 11 is 2.42. The maximum Gasteiger partial charge on any atom is 0.335 e. The highest BCUT2D eigenvalue weighted by Crippen LogP contribution is 2.12. The number of rotatable bonds is 3. The zero-order chi connectivity index (χ0) is 12.6. The molecule has 0 aliphatic carbocycles. The second-order valence-electron chi connectivity index (χ2n) is 3.12. The third-order valence-corrected chi connectivity index (χ3v) is 2.68. The van der Waals surface area contributed by atoms with Crippen LogP contribution >= 0.6 is 15.9 Å². The molecule has 0 bridgehead atoms. The first-order chi connectivity index (χ1) is 7.60. The van der Waals surface area contributed by atoms with Crippen LogP contribution in [0.1, 0.15) is 28.4 Å². The van der Waals surface area contributed by atoms with Gasteiger partial charge in [-0.2, -0.15) is 8.42 Å². The maximum atomic E-state index is 11.3. The van der Waals surface area contributed by atoms with Gasteiger partial charge in [0, 0.05) is 5.56 Å². The molecule has 1 rings (SSSR count). The van der Waals surface area contributed by atoms with E-state index in [-0.39, 0.29) is 5.78 Å². The number of hydrogen-bond donors (Lipinski definition) is 0. The predicted molar refractivity (Wildman–Crippen MR) is 67.6 cm³/mol. The second-order valence-corrected chi connectivity index (χ2v) is 3.82. The Morgan fingerprint density at radius 1 is 1.38 bits per heavy atom. The number of carbonyl (C=O) groups excluding carboxylic acids is 1. The molecule has 0 aliphatic rings. The second kappa shape index (κ2) is 8.35. The van der Waals surface area contributed by atoms with E-state index in [2.05, 4.69) is 29.8 Å². The molecule has 0 saturated carbocycles. The third-order valence-electron chi connectivity index (χ3n) is 2.17. The van der Waals surface area contributed by atoms with Crippen LogP contribution in [0.5, 0.6) is 0 Å². The van der Waals surface area contributed by atoms with Crippen LogP contribution < -0.4 is 0 Å². The molecule has 1 aromatic carbocycles. The fraction of sp³-hybridized carbons (Fsp3) is 0.364. The highest BCUT2D eigenvalue weighted by molar-refractivity contribution is 9.09. The summed E-state index contributed by atoms with van der Waals surface area (Å²) < 4.78 is 16.6. The van der Waals surface area contributed by atoms with Crippen molar-refractivity contribution in [3.05, 3.63) is 34.9 Å². The molecule has 0 fully saturated rings. The molecule has 0 saturated heterocycles. The van der Waals surface area contributed by atoms with Crippen LogP contribution in [0.3, 0.4) is 0 Å². The lowest BCUT2D eigenvalue weighted by molar-refractivity contribution is 0.102. The lowest BCUT2D eigenvalue weighted by atomic mass is 10.0. The summed E-state index contributed by atoms with van der Waals surface area (Å²) in [5.74, 6) is 0.148. The van der Waals surface area contributed by atoms with Gasteiger partial charge in [-0.3, -0.25) is 4.79 Å². The summed E-state index contributed by atoms with van der Waals surface area (Å²) in [5.41, 5.74) is 3.32. The zero-order valence-electron chi connectivity index (χ0n) is 9.16. The fourth-order valence-electron chi connectivity index (χ4n) is 1.30. The van der Waals surface area contributed by atoms with E-state index in [1.807, 2.05) is 18.2 Å². The minimum atomic E-state index is -0.750. The topological polar surface area (TPSA) is 51.2 Å². The first kappa shape index (κ1) is 15.2. The SMILES string of the molecule is CCc1cc(C(=O)CBr)ccc1C.O=S=O. The zero-order valence-corrected chi connectivity index (χ0v) is 11.6. The first-order valence-corrected chi connectivity index (χ1v) is 6.50. The van der Waals surface area contributed by atoms with E-state index in [1.54, 1.807) is 0 Å². The van der Waals surface area contributed by atoms with Gasteiger partial charge in [-0.1, -0.05) is 35.0 Å². The minimum absolute atomic E-state index is 0.148. The highest BCUT2D eigenvalue weighted by atomic mass is 79.9. The Morgan fingerprint density at radius 3 is 2.38 bits per heavy atom. The van der Waals surface area contributed by atoms with Crippen LogP contribution in [0, 0.1) is 6.92 Å². The van der Waals surface area contributed by atoms with Gasteiger partial charge in [0.2, 0.25) is 0 Å². The van der Waals surface area contributed by atoms with E-state index < -0.39 is 11.6 Å². The molecule has 88 valence electrons. The normalized spacial score (nSPS) is 8.94. The molecule has 3 nitrogen and oxygen atoms in total. The van der Waals surface area contributed by atoms with E-state index in [4.69, 9.17) is 8.42 Å². The molecule has 0 amide bonds. The summed E-state index contributed by atoms with van der Waals surface area (Å²) in [6.07, 6.45) is 0.981. The van der Waals surface area contributed by atoms with E-state index in [1.165, 1.54) is 11.1 Å². The molecule has 16 heavy (non-hydrogen) atoms. The molecule has 5 heteroatoms. The number of hydrogen-bond acceptors (Lipinski definition) is 3. The molecule has 0 unspecified atom stereocenters. The van der Waals surface area contributed by atoms with Gasteiger partial charge >= 0.3 is 11.6 Å². The van der Waals surface area contributed by atoms with Gasteiger partial charge in [-0.15, -0.1) is 0 Å². The molecule has 0 radical (unpaired) electrons. The van der Waals surface area contributed by atoms with Crippen molar-refractivity contribution < 1.29 is 13.2 Å². The minimum Gasteiger partial charge on any atom is -0.293 e. The number of benzene rings is 1. The van der Waals surface area contributed by atoms with Gasteiger partial charge in [0.15, 0.2) is 5.78 Å². The van der Waals surface area contributed by atoms with Gasteiger partial charge in [0.25, 0.3) is 0 Å². The van der Waals surface area contributed by atoms with Crippen molar-refractivity contribution in [2.24, 2.45) is 0 Å². The van der Waals surface area contributed by atoms with Gasteiger partial charge in [-0.05, 0) is 30.5 Å². The first-order valence-electron chi connectivity index (χ1n) is 4.71. The molecule has 0 heterocycles. The van der Waals surface area contributed by atoms with E-state index in [0.29, 0.717) is 5.33 Å². The van der Waals surface area contributed by atoms with Crippen LogP contribution in [0.15, 0.2) is 18.2 Å². The molecule has 0 atom stereocenters. The van der Waals surface area contributed by atoms with Crippen molar-refractivity contribution >= 4 is 33.3 Å². The quantitative estimate of drug-likeness (QED) is 0.637. The van der Waals surface area contributed by atoms with Crippen molar-refractivity contribution in [3.63, 3.8) is 0 Å². The Labute approximate surface area is 107 Å². The number of carbonyl (C=O) groups is 1. The fourth-order valence-corrected chi connectivity index (χ4v) is 1.63. The highest BCUT2D eigenvalue weighted by Gasteiger charge is 2.05. The molecule has 1 aromatic rings. The largest absolute Gasteiger partial charge is 0.335 e. The standard InChI is InChI=1S/C11H13BrO.O2S/c1-3-9-6-10(11(13)7-12)5-4-8(9)2;1-3-2/h4-6H,3,7H2,1-2H3;. The Morgan fingerprint density at radius 2 is 1.94 bits per heavy atom. The number of ketones is 1. The summed E-state index contributed by atoms with van der Waals surface area (Å²) in [7, 11) is 0. The smallest absolute Gasteiger partial charge is 0.293 e. The summed E-state index contributed by atoms with van der Waals surface area (Å²) in [6, 6.07) is 5.88. The maximum absolute atomic E-state index is 11.3. The lowest BCUT2D eigenvalue weighted by Crippen LogP contribution is -2.01. The average molecular weight is 305 g/mol. The molecule has 0 N–H and O–H groups in total. The monoisotopic (exact) mass is 304 g/mol. The van der Waals surface area contributed by atoms with Crippen molar-refractivity contribution in [2.45, 2.75) is 20.3 Å². The summed E-state index contributed by atoms with van der Waals surface area (Å²) in [4.78, 5) is 11.3. The van der Waals surface area contributed by atoms with E-state index in [9.17, 15) is 4.79 Å². The van der Waals surface area contributed by atoms with Crippen molar-refractivity contribution in [1.29, 1.82) is 0 Å². The van der Waals surface area contributed by atoms with Crippen LogP contribution in [0.2, 0.25) is 0 Å². The predicted octanol–water partition coefficient (Wildman–Crippen LogP) is 2.46. The summed E-state index contributed by atoms with van der Waals surface area (Å²) in [5, 5.41) is 0.402. The van der Waals surface area contributed by atoms with Crippen molar-refractivity contribution in [1.82, 2.24) is 0 Å². The molecule has 0 spiro atoms. The molecular formula is C11H13BrO3S. The van der Waals surface area contributed by atoms with E-state index in [0.717, 1.165) is 12.0 Å². The Kier molecular flexibility index (Phi) is 7.93. The average Bonchev–Trinajstić information content (AvgIpc) is 2.29. The number of Topliss-reactive ketones (excluding diaryl/α,β-unsaturated/α-hetero) is 1. The summed E-state index contributed by atoms with van der Waals surface area (Å²) in [6.45, 7) is 4.17. The molecule has 0 aliphatic heterocycles. The molecule has 0 aromatic heterocycles. The van der Waals surface area contributed by atoms with Gasteiger partial charge < -0.3 is 0 Å². The lowest BCUT2D eigenvalue weighted by Gasteiger charge is -2.04. The van der Waals surface area contributed by atoms with Crippen molar-refractivity contribution in [2.75, 3.05) is 5.33 Å². The number of alkyl halides is 1.